The molecular formula is H4BMgN3. The first-order valence-electron chi connectivity index (χ1n) is 0.847. The molecule has 0 saturated carbocycles. The van der Waals surface area contributed by atoms with Crippen LogP contribution in [0.4, 0.5) is 0 Å². The van der Waals surface area contributed by atoms with Crippen molar-refractivity contribution in [1.82, 2.24) is 0 Å². The molecule has 3 nitrogen and oxygen atoms in total. The van der Waals surface area contributed by atoms with Gasteiger partial charge in [-0.05, 0) is 10.4 Å². The van der Waals surface area contributed by atoms with Gasteiger partial charge in [-0.2, -0.15) is 5.03 Å². The fourth-order valence-corrected chi connectivity index (χ4v) is 0. The Morgan fingerprint density at radius 1 is 1.80 bits per heavy atom. The molecule has 24 valence electrons. The van der Waals surface area contributed by atoms with Gasteiger partial charge in [0.05, 0.1) is 0 Å². The molecule has 0 aromatic rings. The van der Waals surface area contributed by atoms with Gasteiger partial charge in [0.1, 0.15) is 0 Å². The molecule has 0 bridgehead atoms. The summed E-state index contributed by atoms with van der Waals surface area (Å²) in [5, 5.41) is 2.92. The van der Waals surface area contributed by atoms with Crippen molar-refractivity contribution in [2.45, 2.75) is 0 Å². The molecule has 0 spiro atoms. The summed E-state index contributed by atoms with van der Waals surface area (Å²) in [5.41, 5.74) is 7.33. The van der Waals surface area contributed by atoms with Crippen molar-refractivity contribution in [3.05, 3.63) is 10.4 Å². The van der Waals surface area contributed by atoms with Crippen LogP contribution in [0.1, 0.15) is 0 Å². The normalized spacial score (nSPS) is 3.20. The van der Waals surface area contributed by atoms with Gasteiger partial charge in [-0.3, -0.25) is 0 Å². The van der Waals surface area contributed by atoms with E-state index in [1.54, 1.807) is 0 Å². The van der Waals surface area contributed by atoms with Gasteiger partial charge in [0, 0.05) is 0 Å². The van der Waals surface area contributed by atoms with Crippen LogP contribution in [0, 0.1) is 0 Å². The minimum absolute atomic E-state index is 0. The van der Waals surface area contributed by atoms with Crippen LogP contribution in [0.3, 0.4) is 0 Å². The highest BCUT2D eigenvalue weighted by molar-refractivity contribution is 6.05. The van der Waals surface area contributed by atoms with Crippen LogP contribution in [-0.4, -0.2) is 31.0 Å². The Kier molecular flexibility index (Phi) is 15.9. The number of hydrogen-bond acceptors (Lipinski definition) is 1. The minimum Gasteiger partial charge on any atom is -0.158 e. The Hall–Kier alpha value is 0.141. The van der Waals surface area contributed by atoms with Crippen LogP contribution in [0.5, 0.6) is 0 Å². The third kappa shape index (κ3) is 14.6. The largest absolute Gasteiger partial charge is 0.316 e. The maximum Gasteiger partial charge on any atom is 0.316 e. The summed E-state index contributed by atoms with van der Waals surface area (Å²) in [6, 6.07) is 0. The average molecular weight is 81.2 g/mol. The summed E-state index contributed by atoms with van der Waals surface area (Å²) in [5.74, 6) is 0. The maximum atomic E-state index is 7.33. The van der Waals surface area contributed by atoms with E-state index >= 15 is 0 Å². The highest BCUT2D eigenvalue weighted by Gasteiger charge is 1.30. The van der Waals surface area contributed by atoms with Crippen molar-refractivity contribution in [2.75, 3.05) is 0 Å². The van der Waals surface area contributed by atoms with E-state index in [1.807, 2.05) is 0 Å². The molecule has 0 heterocycles. The van der Waals surface area contributed by atoms with Crippen LogP contribution in [-0.2, 0) is 0 Å². The number of hydrogen-bond donors (Lipinski definition) is 0. The first kappa shape index (κ1) is 8.94. The second-order valence-electron chi connectivity index (χ2n) is 0.289. The van der Waals surface area contributed by atoms with E-state index in [0.29, 0.717) is 0 Å². The predicted octanol–water partition coefficient (Wildman–Crippen LogP) is -1.07. The van der Waals surface area contributed by atoms with Crippen molar-refractivity contribution < 1.29 is 0 Å². The SMILES string of the molecule is BN=[N+]=[N-].[MgH2]. The predicted molar refractivity (Wildman–Crippen MR) is 26.2 cm³/mol. The number of rotatable bonds is 0. The fourth-order valence-electron chi connectivity index (χ4n) is 0. The van der Waals surface area contributed by atoms with Crippen molar-refractivity contribution in [2.24, 2.45) is 5.03 Å². The van der Waals surface area contributed by atoms with Crippen LogP contribution >= 0.6 is 0 Å². The quantitative estimate of drug-likeness (QED) is 0.154. The highest BCUT2D eigenvalue weighted by Crippen LogP contribution is 1.44. The van der Waals surface area contributed by atoms with Crippen molar-refractivity contribution in [3.8, 4) is 0 Å². The van der Waals surface area contributed by atoms with E-state index in [0.717, 1.165) is 0 Å². The summed E-state index contributed by atoms with van der Waals surface area (Å²) in [7, 11) is 1.39. The van der Waals surface area contributed by atoms with Gasteiger partial charge in [-0.1, -0.05) is 0 Å². The molecule has 0 unspecified atom stereocenters. The van der Waals surface area contributed by atoms with Gasteiger partial charge in [-0.25, -0.2) is 0 Å². The molecule has 0 aliphatic heterocycles. The molecule has 0 atom stereocenters. The standard InChI is InChI=1S/BH2N3.Mg.2H/c1-3-4-2;;;/h1H2;;;. The Balaban J connectivity index is 0. The Morgan fingerprint density at radius 3 is 2.00 bits per heavy atom. The molecule has 0 fully saturated rings. The molecule has 0 amide bonds. The lowest BCUT2D eigenvalue weighted by atomic mass is 10.5. The van der Waals surface area contributed by atoms with Crippen LogP contribution in [0.2, 0.25) is 0 Å². The summed E-state index contributed by atoms with van der Waals surface area (Å²) in [6.45, 7) is 0. The first-order chi connectivity index (χ1) is 1.91. The van der Waals surface area contributed by atoms with Crippen LogP contribution in [0.25, 0.3) is 10.4 Å². The second-order valence-corrected chi connectivity index (χ2v) is 0.289. The molecular weight excluding hydrogens is 77.1 g/mol. The first-order valence-corrected chi connectivity index (χ1v) is 0.847. The van der Waals surface area contributed by atoms with E-state index in [2.05, 4.69) is 9.94 Å². The smallest absolute Gasteiger partial charge is 0.158 e. The monoisotopic (exact) mass is 81.0 g/mol. The van der Waals surface area contributed by atoms with Crippen molar-refractivity contribution in [3.63, 3.8) is 0 Å². The van der Waals surface area contributed by atoms with Crippen LogP contribution in [0.15, 0.2) is 5.03 Å². The van der Waals surface area contributed by atoms with E-state index in [4.69, 9.17) is 5.53 Å². The zero-order valence-electron chi connectivity index (χ0n) is 2.34. The van der Waals surface area contributed by atoms with Gasteiger partial charge in [0.15, 0.2) is 0 Å². The fraction of sp³-hybridized carbons (Fsp3) is 0. The molecule has 0 radical (unpaired) electrons. The molecule has 0 aromatic heterocycles. The average Bonchev–Trinajstić information content (AvgIpc) is 1.37. The third-order valence-electron chi connectivity index (χ3n) is 0.0894. The number of nitrogens with zero attached hydrogens (tertiary/aromatic N) is 3. The molecule has 0 N–H and O–H groups in total. The van der Waals surface area contributed by atoms with Crippen molar-refractivity contribution in [1.29, 1.82) is 0 Å². The number of azide groups is 1. The van der Waals surface area contributed by atoms with Gasteiger partial charge in [0.25, 0.3) is 0 Å². The lowest BCUT2D eigenvalue weighted by Crippen LogP contribution is -1.30. The zero-order chi connectivity index (χ0) is 3.41. The van der Waals surface area contributed by atoms with E-state index < -0.39 is 0 Å². The Labute approximate surface area is 47.0 Å². The molecule has 0 aromatic carbocycles. The Bertz CT molecular complexity index is 44.9. The topological polar surface area (TPSA) is 48.8 Å². The molecule has 0 saturated heterocycles. The molecule has 0 aliphatic rings. The van der Waals surface area contributed by atoms with Crippen LogP contribution < -0.4 is 0 Å². The molecule has 5 heavy (non-hydrogen) atoms. The molecule has 5 heteroatoms. The van der Waals surface area contributed by atoms with E-state index in [9.17, 15) is 0 Å². The summed E-state index contributed by atoms with van der Waals surface area (Å²) < 4.78 is 0. The summed E-state index contributed by atoms with van der Waals surface area (Å²) >= 11 is 0. The van der Waals surface area contributed by atoms with Gasteiger partial charge in [0.2, 0.25) is 7.98 Å². The maximum absolute atomic E-state index is 7.33. The lowest BCUT2D eigenvalue weighted by molar-refractivity contribution is 1.78. The minimum atomic E-state index is 0. The van der Waals surface area contributed by atoms with Crippen molar-refractivity contribution >= 4 is 31.0 Å². The molecule has 0 rings (SSSR count). The lowest BCUT2D eigenvalue weighted by Gasteiger charge is -1.33. The molecule has 0 aliphatic carbocycles. The Morgan fingerprint density at radius 2 is 2.00 bits per heavy atom. The van der Waals surface area contributed by atoms with E-state index in [-0.39, 0.29) is 23.1 Å². The summed E-state index contributed by atoms with van der Waals surface area (Å²) in [4.78, 5) is 2.36. The van der Waals surface area contributed by atoms with E-state index in [1.165, 1.54) is 7.98 Å². The van der Waals surface area contributed by atoms with Gasteiger partial charge >= 0.3 is 23.1 Å². The third-order valence-corrected chi connectivity index (χ3v) is 0.0894. The van der Waals surface area contributed by atoms with Gasteiger partial charge < -0.3 is 0 Å². The zero-order valence-corrected chi connectivity index (χ0v) is 2.34. The summed E-state index contributed by atoms with van der Waals surface area (Å²) in [6.07, 6.45) is 0. The second kappa shape index (κ2) is 8.91. The highest BCUT2D eigenvalue weighted by atomic mass is 24.3. The van der Waals surface area contributed by atoms with Gasteiger partial charge in [-0.15, -0.1) is 0 Å².